The molecule has 0 saturated heterocycles. The summed E-state index contributed by atoms with van der Waals surface area (Å²) in [7, 11) is 0.729. The Labute approximate surface area is 77.3 Å². The zero-order valence-corrected chi connectivity index (χ0v) is 8.01. The molecule has 68 valence electrons. The molecule has 0 radical (unpaired) electrons. The van der Waals surface area contributed by atoms with Gasteiger partial charge in [0.2, 0.25) is 0 Å². The predicted octanol–water partition coefficient (Wildman–Crippen LogP) is -0.920. The second kappa shape index (κ2) is 4.79. The molecule has 0 bridgehead atoms. The summed E-state index contributed by atoms with van der Waals surface area (Å²) >= 11 is 1.80. The molecular formula is C4H5AuO5S. The van der Waals surface area contributed by atoms with Gasteiger partial charge in [0, 0.05) is 0 Å². The van der Waals surface area contributed by atoms with E-state index in [-0.39, 0.29) is 0 Å². The van der Waals surface area contributed by atoms with E-state index in [2.05, 4.69) is 0 Å². The van der Waals surface area contributed by atoms with E-state index < -0.39 is 23.3 Å². The van der Waals surface area contributed by atoms with Gasteiger partial charge in [0.05, 0.1) is 0 Å². The summed E-state index contributed by atoms with van der Waals surface area (Å²) in [5, 5.41) is 24.0. The third kappa shape index (κ3) is 3.26. The molecular weight excluding hydrogens is 357 g/mol. The molecule has 0 amide bonds. The number of carboxylic acids is 2. The monoisotopic (exact) mass is 362 g/mol. The van der Waals surface area contributed by atoms with Crippen LogP contribution in [0.1, 0.15) is 0 Å². The molecule has 11 heavy (non-hydrogen) atoms. The average molecular weight is 362 g/mol. The summed E-state index contributed by atoms with van der Waals surface area (Å²) in [6.07, 6.45) is -1.86. The van der Waals surface area contributed by atoms with Crippen LogP contribution in [0.3, 0.4) is 0 Å². The van der Waals surface area contributed by atoms with Crippen LogP contribution in [0.25, 0.3) is 0 Å². The summed E-state index contributed by atoms with van der Waals surface area (Å²) in [4.78, 5) is 20.3. The number of aliphatic hydroxyl groups excluding tert-OH is 1. The first-order chi connectivity index (χ1) is 5.00. The molecule has 0 heterocycles. The topological polar surface area (TPSA) is 94.8 Å². The Morgan fingerprint density at radius 2 is 1.73 bits per heavy atom. The number of rotatable bonds is 4. The summed E-state index contributed by atoms with van der Waals surface area (Å²) in [5.74, 6) is -2.87. The number of carbonyl (C=O) groups is 2. The van der Waals surface area contributed by atoms with Crippen LogP contribution in [0.5, 0.6) is 0 Å². The Kier molecular flexibility index (Phi) is 4.78. The molecule has 0 aromatic heterocycles. The van der Waals surface area contributed by atoms with Crippen molar-refractivity contribution in [2.75, 3.05) is 0 Å². The van der Waals surface area contributed by atoms with Crippen LogP contribution in [0, 0.1) is 0 Å². The van der Waals surface area contributed by atoms with Gasteiger partial charge < -0.3 is 0 Å². The first-order valence-corrected chi connectivity index (χ1v) is 5.75. The fourth-order valence-corrected chi connectivity index (χ4v) is 2.08. The average Bonchev–Trinajstić information content (AvgIpc) is 1.88. The minimum absolute atomic E-state index is 0.729. The number of hydrogen-bond acceptors (Lipinski definition) is 4. The van der Waals surface area contributed by atoms with E-state index in [4.69, 9.17) is 15.3 Å². The van der Waals surface area contributed by atoms with E-state index in [0.717, 1.165) is 9.23 Å². The molecule has 0 aromatic carbocycles. The van der Waals surface area contributed by atoms with E-state index >= 15 is 0 Å². The first kappa shape index (κ1) is 11.0. The standard InChI is InChI=1S/C4H6O5S.Au/c5-1(3(6)7)2(10)4(8)9;/h1-2,5,10H,(H,6,7)(H,8,9);/q;+1/p-1. The maximum atomic E-state index is 10.2. The third-order valence-corrected chi connectivity index (χ3v) is 3.12. The van der Waals surface area contributed by atoms with Crippen molar-refractivity contribution in [2.45, 2.75) is 11.4 Å². The fourth-order valence-electron chi connectivity index (χ4n) is 0.334. The molecule has 3 N–H and O–H groups in total. The normalized spacial score (nSPS) is 15.5. The van der Waals surface area contributed by atoms with Crippen LogP contribution < -0.4 is 0 Å². The molecule has 2 atom stereocenters. The van der Waals surface area contributed by atoms with E-state index in [1.807, 2.05) is 0 Å². The van der Waals surface area contributed by atoms with Gasteiger partial charge in [0.15, 0.2) is 0 Å². The van der Waals surface area contributed by atoms with Gasteiger partial charge in [-0.15, -0.1) is 0 Å². The molecule has 0 aliphatic rings. The van der Waals surface area contributed by atoms with Crippen molar-refractivity contribution >= 4 is 21.2 Å². The summed E-state index contributed by atoms with van der Waals surface area (Å²) in [5.41, 5.74) is 0. The van der Waals surface area contributed by atoms with Crippen molar-refractivity contribution in [1.82, 2.24) is 0 Å². The molecule has 0 aromatic rings. The van der Waals surface area contributed by atoms with Crippen LogP contribution >= 0.6 is 9.23 Å². The third-order valence-electron chi connectivity index (χ3n) is 0.860. The van der Waals surface area contributed by atoms with Gasteiger partial charge in [-0.3, -0.25) is 0 Å². The van der Waals surface area contributed by atoms with Gasteiger partial charge in [0.1, 0.15) is 0 Å². The Hall–Kier alpha value is -0.00974. The number of aliphatic hydroxyl groups is 1. The van der Waals surface area contributed by atoms with Gasteiger partial charge in [-0.2, -0.15) is 0 Å². The van der Waals surface area contributed by atoms with Gasteiger partial charge in [-0.25, -0.2) is 0 Å². The van der Waals surface area contributed by atoms with Crippen molar-refractivity contribution < 1.29 is 44.6 Å². The van der Waals surface area contributed by atoms with Crippen molar-refractivity contribution in [2.24, 2.45) is 0 Å². The molecule has 2 unspecified atom stereocenters. The van der Waals surface area contributed by atoms with Gasteiger partial charge >= 0.3 is 77.2 Å². The van der Waals surface area contributed by atoms with E-state index in [1.165, 1.54) is 0 Å². The Morgan fingerprint density at radius 3 is 1.82 bits per heavy atom. The van der Waals surface area contributed by atoms with Crippen LogP contribution in [0.4, 0.5) is 0 Å². The number of hydrogen-bond donors (Lipinski definition) is 3. The molecule has 0 fully saturated rings. The number of aliphatic carboxylic acids is 2. The van der Waals surface area contributed by atoms with Gasteiger partial charge in [0.25, 0.3) is 0 Å². The fraction of sp³-hybridized carbons (Fsp3) is 0.500. The van der Waals surface area contributed by atoms with E-state index in [9.17, 15) is 9.59 Å². The Morgan fingerprint density at radius 1 is 1.27 bits per heavy atom. The second-order valence-electron chi connectivity index (χ2n) is 1.61. The Balaban J connectivity index is 4.25. The van der Waals surface area contributed by atoms with Crippen LogP contribution in [-0.2, 0) is 29.3 Å². The Bertz CT molecular complexity index is 172. The summed E-state index contributed by atoms with van der Waals surface area (Å²) in [6.45, 7) is 0. The van der Waals surface area contributed by atoms with Gasteiger partial charge in [-0.1, -0.05) is 0 Å². The quantitative estimate of drug-likeness (QED) is 0.560. The molecule has 0 rings (SSSR count). The molecule has 0 aliphatic carbocycles. The van der Waals surface area contributed by atoms with Crippen molar-refractivity contribution in [3.63, 3.8) is 0 Å². The van der Waals surface area contributed by atoms with Crippen molar-refractivity contribution in [3.05, 3.63) is 0 Å². The van der Waals surface area contributed by atoms with Crippen molar-refractivity contribution in [3.8, 4) is 0 Å². The number of carboxylic acid groups (broad SMARTS) is 2. The first-order valence-electron chi connectivity index (χ1n) is 2.38. The zero-order valence-electron chi connectivity index (χ0n) is 5.02. The molecule has 0 spiro atoms. The van der Waals surface area contributed by atoms with Crippen LogP contribution in [0.2, 0.25) is 0 Å². The maximum absolute atomic E-state index is 10.2. The molecule has 0 saturated carbocycles. The zero-order chi connectivity index (χ0) is 9.02. The molecule has 7 heteroatoms. The van der Waals surface area contributed by atoms with E-state index in [1.54, 1.807) is 19.7 Å². The predicted molar refractivity (Wildman–Crippen MR) is 32.7 cm³/mol. The minimum atomic E-state index is -1.86. The van der Waals surface area contributed by atoms with E-state index in [0.29, 0.717) is 0 Å². The summed E-state index contributed by atoms with van der Waals surface area (Å²) in [6, 6.07) is 0. The van der Waals surface area contributed by atoms with Crippen LogP contribution in [-0.4, -0.2) is 38.6 Å². The SMILES string of the molecule is O=C(O)C(O)C([S][Au])C(=O)O. The molecule has 5 nitrogen and oxygen atoms in total. The van der Waals surface area contributed by atoms with Crippen molar-refractivity contribution in [1.29, 1.82) is 0 Å². The van der Waals surface area contributed by atoms with Crippen LogP contribution in [0.15, 0.2) is 0 Å². The molecule has 0 aliphatic heterocycles. The second-order valence-corrected chi connectivity index (χ2v) is 3.79. The van der Waals surface area contributed by atoms with Gasteiger partial charge in [-0.05, 0) is 0 Å². The summed E-state index contributed by atoms with van der Waals surface area (Å²) < 4.78 is 0.